The summed E-state index contributed by atoms with van der Waals surface area (Å²) in [6.45, 7) is 0.650. The van der Waals surface area contributed by atoms with Gasteiger partial charge in [-0.25, -0.2) is 4.79 Å². The molecule has 2 unspecified atom stereocenters. The van der Waals surface area contributed by atoms with Gasteiger partial charge in [0.05, 0.1) is 18.8 Å². The molecule has 0 saturated carbocycles. The first-order valence-corrected chi connectivity index (χ1v) is 9.84. The van der Waals surface area contributed by atoms with Crippen LogP contribution in [0.15, 0.2) is 48.5 Å². The number of nitrogens with zero attached hydrogens (tertiary/aromatic N) is 1. The summed E-state index contributed by atoms with van der Waals surface area (Å²) in [6, 6.07) is 14.4. The molecule has 6 heteroatoms. The van der Waals surface area contributed by atoms with Gasteiger partial charge in [0.2, 0.25) is 0 Å². The molecule has 0 aromatic heterocycles. The van der Waals surface area contributed by atoms with Crippen molar-refractivity contribution in [2.75, 3.05) is 11.5 Å². The van der Waals surface area contributed by atoms with Gasteiger partial charge in [0.1, 0.15) is 11.5 Å². The Balaban J connectivity index is 1.46. The van der Waals surface area contributed by atoms with Crippen molar-refractivity contribution < 1.29 is 19.7 Å². The lowest BCUT2D eigenvalue weighted by Crippen LogP contribution is -2.40. The van der Waals surface area contributed by atoms with E-state index in [9.17, 15) is 15.0 Å². The van der Waals surface area contributed by atoms with E-state index < -0.39 is 6.09 Å². The zero-order chi connectivity index (χ0) is 19.5. The Labute approximate surface area is 164 Å². The standard InChI is InChI=1S/C22H26N2O4/c25-20-5-1-3-15(11-20)13-24(19-4-2-6-21(26)12-19)22(27)28-14-16-9-17-7-8-18(10-16)23-17/h1-6,11-12,16-18,23,25-26H,7-10,13-14H2. The van der Waals surface area contributed by atoms with E-state index in [1.165, 1.54) is 23.8 Å². The minimum absolute atomic E-state index is 0.0844. The van der Waals surface area contributed by atoms with Gasteiger partial charge in [-0.1, -0.05) is 18.2 Å². The molecule has 2 saturated heterocycles. The number of benzene rings is 2. The average Bonchev–Trinajstić information content (AvgIpc) is 3.02. The van der Waals surface area contributed by atoms with Crippen LogP contribution in [-0.4, -0.2) is 35.0 Å². The van der Waals surface area contributed by atoms with Crippen molar-refractivity contribution in [1.29, 1.82) is 0 Å². The summed E-state index contributed by atoms with van der Waals surface area (Å²) in [5.41, 5.74) is 1.33. The number of hydrogen-bond donors (Lipinski definition) is 3. The Kier molecular flexibility index (Phi) is 5.39. The number of anilines is 1. The molecule has 2 aliphatic heterocycles. The molecule has 28 heavy (non-hydrogen) atoms. The van der Waals surface area contributed by atoms with Crippen molar-refractivity contribution >= 4 is 11.8 Å². The molecule has 2 aromatic carbocycles. The van der Waals surface area contributed by atoms with Gasteiger partial charge in [-0.2, -0.15) is 0 Å². The van der Waals surface area contributed by atoms with Gasteiger partial charge in [0, 0.05) is 18.2 Å². The number of rotatable bonds is 5. The fraction of sp³-hybridized carbons (Fsp3) is 0.409. The molecule has 0 radical (unpaired) electrons. The van der Waals surface area contributed by atoms with E-state index in [1.807, 2.05) is 6.07 Å². The van der Waals surface area contributed by atoms with E-state index in [-0.39, 0.29) is 18.0 Å². The number of hydrogen-bond acceptors (Lipinski definition) is 5. The van der Waals surface area contributed by atoms with Gasteiger partial charge in [-0.05, 0) is 61.4 Å². The maximum absolute atomic E-state index is 12.9. The van der Waals surface area contributed by atoms with Crippen molar-refractivity contribution in [3.63, 3.8) is 0 Å². The van der Waals surface area contributed by atoms with Gasteiger partial charge >= 0.3 is 6.09 Å². The number of piperidine rings is 1. The fourth-order valence-electron chi connectivity index (χ4n) is 4.34. The third kappa shape index (κ3) is 4.39. The second-order valence-corrected chi connectivity index (χ2v) is 7.83. The lowest BCUT2D eigenvalue weighted by Gasteiger charge is -2.30. The van der Waals surface area contributed by atoms with Crippen LogP contribution in [0, 0.1) is 5.92 Å². The molecule has 2 atom stereocenters. The van der Waals surface area contributed by atoms with Gasteiger partial charge in [-0.15, -0.1) is 0 Å². The first kappa shape index (κ1) is 18.6. The highest BCUT2D eigenvalue weighted by atomic mass is 16.6. The monoisotopic (exact) mass is 382 g/mol. The summed E-state index contributed by atoms with van der Waals surface area (Å²) in [5, 5.41) is 23.2. The molecule has 2 fully saturated rings. The highest BCUT2D eigenvalue weighted by Gasteiger charge is 2.34. The number of nitrogens with one attached hydrogen (secondary N) is 1. The van der Waals surface area contributed by atoms with Crippen molar-refractivity contribution in [3.05, 3.63) is 54.1 Å². The summed E-state index contributed by atoms with van der Waals surface area (Å²) in [5.74, 6) is 0.613. The van der Waals surface area contributed by atoms with Gasteiger partial charge < -0.3 is 20.3 Å². The SMILES string of the molecule is O=C(OCC1CC2CCC(C1)N2)N(Cc1cccc(O)c1)c1cccc(O)c1. The molecular weight excluding hydrogens is 356 g/mol. The van der Waals surface area contributed by atoms with E-state index in [1.54, 1.807) is 36.4 Å². The molecule has 148 valence electrons. The highest BCUT2D eigenvalue weighted by Crippen LogP contribution is 2.31. The van der Waals surface area contributed by atoms with Gasteiger partial charge in [0.15, 0.2) is 0 Å². The number of amides is 1. The predicted octanol–water partition coefficient (Wildman–Crippen LogP) is 3.77. The zero-order valence-electron chi connectivity index (χ0n) is 15.8. The number of phenols is 2. The number of carbonyl (C=O) groups excluding carboxylic acids is 1. The van der Waals surface area contributed by atoms with Gasteiger partial charge in [0.25, 0.3) is 0 Å². The van der Waals surface area contributed by atoms with E-state index in [0.717, 1.165) is 18.4 Å². The first-order valence-electron chi connectivity index (χ1n) is 9.84. The maximum atomic E-state index is 12.9. The maximum Gasteiger partial charge on any atom is 0.414 e. The molecule has 2 aliphatic rings. The van der Waals surface area contributed by atoms with Crippen LogP contribution in [0.25, 0.3) is 0 Å². The zero-order valence-corrected chi connectivity index (χ0v) is 15.8. The number of phenolic OH excluding ortho intramolecular Hbond substituents is 2. The van der Waals surface area contributed by atoms with Crippen molar-refractivity contribution in [1.82, 2.24) is 5.32 Å². The Morgan fingerprint density at radius 3 is 2.39 bits per heavy atom. The number of aromatic hydroxyl groups is 2. The van der Waals surface area contributed by atoms with E-state index in [2.05, 4.69) is 5.32 Å². The molecule has 6 nitrogen and oxygen atoms in total. The van der Waals surface area contributed by atoms with Crippen LogP contribution in [0.3, 0.4) is 0 Å². The topological polar surface area (TPSA) is 82.0 Å². The summed E-state index contributed by atoms with van der Waals surface area (Å²) < 4.78 is 5.68. The molecule has 1 amide bonds. The second-order valence-electron chi connectivity index (χ2n) is 7.83. The first-order chi connectivity index (χ1) is 13.6. The number of fused-ring (bicyclic) bond motifs is 2. The molecule has 2 bridgehead atoms. The molecule has 3 N–H and O–H groups in total. The van der Waals surface area contributed by atoms with Crippen molar-refractivity contribution in [3.8, 4) is 11.5 Å². The van der Waals surface area contributed by atoms with Crippen LogP contribution < -0.4 is 10.2 Å². The van der Waals surface area contributed by atoms with Crippen LogP contribution in [0.1, 0.15) is 31.2 Å². The van der Waals surface area contributed by atoms with Crippen LogP contribution >= 0.6 is 0 Å². The highest BCUT2D eigenvalue weighted by molar-refractivity contribution is 5.87. The third-order valence-electron chi connectivity index (χ3n) is 5.63. The van der Waals surface area contributed by atoms with Crippen LogP contribution in [0.2, 0.25) is 0 Å². The van der Waals surface area contributed by atoms with E-state index in [4.69, 9.17) is 4.74 Å². The van der Waals surface area contributed by atoms with Gasteiger partial charge in [-0.3, -0.25) is 4.90 Å². The third-order valence-corrected chi connectivity index (χ3v) is 5.63. The molecule has 4 rings (SSSR count). The Hall–Kier alpha value is -2.73. The lowest BCUT2D eigenvalue weighted by atomic mass is 9.93. The molecule has 2 aromatic rings. The number of carbonyl (C=O) groups is 1. The quantitative estimate of drug-likeness (QED) is 0.733. The van der Waals surface area contributed by atoms with Crippen molar-refractivity contribution in [2.45, 2.75) is 44.3 Å². The van der Waals surface area contributed by atoms with E-state index in [0.29, 0.717) is 30.3 Å². The molecule has 0 spiro atoms. The average molecular weight is 382 g/mol. The molecule has 0 aliphatic carbocycles. The second kappa shape index (κ2) is 8.10. The Morgan fingerprint density at radius 1 is 1.04 bits per heavy atom. The summed E-state index contributed by atoms with van der Waals surface area (Å²) >= 11 is 0. The summed E-state index contributed by atoms with van der Waals surface area (Å²) in [4.78, 5) is 14.4. The minimum atomic E-state index is -0.445. The normalized spacial score (nSPS) is 23.4. The number of ether oxygens (including phenoxy) is 1. The Bertz CT molecular complexity index is 829. The predicted molar refractivity (Wildman–Crippen MR) is 106 cm³/mol. The van der Waals surface area contributed by atoms with Crippen LogP contribution in [-0.2, 0) is 11.3 Å². The lowest BCUT2D eigenvalue weighted by molar-refractivity contribution is 0.116. The van der Waals surface area contributed by atoms with Crippen LogP contribution in [0.5, 0.6) is 11.5 Å². The smallest absolute Gasteiger partial charge is 0.414 e. The Morgan fingerprint density at radius 2 is 1.71 bits per heavy atom. The fourth-order valence-corrected chi connectivity index (χ4v) is 4.34. The molecular formula is C22H26N2O4. The largest absolute Gasteiger partial charge is 0.508 e. The van der Waals surface area contributed by atoms with Crippen molar-refractivity contribution in [2.24, 2.45) is 5.92 Å². The summed E-state index contributed by atoms with van der Waals surface area (Å²) in [7, 11) is 0. The summed E-state index contributed by atoms with van der Waals surface area (Å²) in [6.07, 6.45) is 4.06. The minimum Gasteiger partial charge on any atom is -0.508 e. The molecule has 2 heterocycles. The van der Waals surface area contributed by atoms with Crippen LogP contribution in [0.4, 0.5) is 10.5 Å². The van der Waals surface area contributed by atoms with E-state index >= 15 is 0 Å².